The summed E-state index contributed by atoms with van der Waals surface area (Å²) in [4.78, 5) is 25.8. The van der Waals surface area contributed by atoms with Crippen molar-refractivity contribution in [2.24, 2.45) is 0 Å². The van der Waals surface area contributed by atoms with E-state index in [1.165, 1.54) is 11.8 Å². The lowest BCUT2D eigenvalue weighted by Gasteiger charge is -2.14. The minimum atomic E-state index is -0.285. The number of thioether (sulfide) groups is 1. The topological polar surface area (TPSA) is 67.4 Å². The molecule has 0 unspecified atom stereocenters. The summed E-state index contributed by atoms with van der Waals surface area (Å²) in [5, 5.41) is 5.33. The fourth-order valence-corrected chi connectivity index (χ4v) is 3.03. The molecule has 2 aromatic rings. The van der Waals surface area contributed by atoms with E-state index < -0.39 is 0 Å². The summed E-state index contributed by atoms with van der Waals surface area (Å²) in [6.45, 7) is 2.69. The summed E-state index contributed by atoms with van der Waals surface area (Å²) in [6.07, 6.45) is 0. The van der Waals surface area contributed by atoms with Gasteiger partial charge >= 0.3 is 0 Å². The van der Waals surface area contributed by atoms with Gasteiger partial charge in [0.15, 0.2) is 0 Å². The standard InChI is InChI=1S/C19H22N2O3S/c1-14(25-15-8-4-3-5-9-15)18(22)21-17-11-7-6-10-16(17)19(23)20-12-13-24-2/h3-11,14H,12-13H2,1-2H3,(H,20,23)(H,21,22)/t14-/m1/s1. The maximum atomic E-state index is 12.5. The molecule has 5 nitrogen and oxygen atoms in total. The molecular formula is C19H22N2O3S. The fraction of sp³-hybridized carbons (Fsp3) is 0.263. The third-order valence-electron chi connectivity index (χ3n) is 3.45. The van der Waals surface area contributed by atoms with Crippen LogP contribution in [0.3, 0.4) is 0 Å². The molecule has 0 saturated heterocycles. The molecule has 2 amide bonds. The van der Waals surface area contributed by atoms with Crippen LogP contribution in [-0.4, -0.2) is 37.3 Å². The summed E-state index contributed by atoms with van der Waals surface area (Å²) < 4.78 is 4.92. The summed E-state index contributed by atoms with van der Waals surface area (Å²) in [7, 11) is 1.58. The van der Waals surface area contributed by atoms with E-state index in [-0.39, 0.29) is 17.1 Å². The molecule has 0 aliphatic carbocycles. The number of para-hydroxylation sites is 1. The first-order valence-corrected chi connectivity index (χ1v) is 8.88. The van der Waals surface area contributed by atoms with E-state index in [0.717, 1.165) is 4.90 Å². The van der Waals surface area contributed by atoms with Crippen LogP contribution in [0.15, 0.2) is 59.5 Å². The number of methoxy groups -OCH3 is 1. The Labute approximate surface area is 152 Å². The lowest BCUT2D eigenvalue weighted by molar-refractivity contribution is -0.115. The quantitative estimate of drug-likeness (QED) is 0.562. The van der Waals surface area contributed by atoms with Crippen LogP contribution in [-0.2, 0) is 9.53 Å². The molecule has 132 valence electrons. The zero-order chi connectivity index (χ0) is 18.1. The number of nitrogens with one attached hydrogen (secondary N) is 2. The van der Waals surface area contributed by atoms with E-state index in [9.17, 15) is 9.59 Å². The fourth-order valence-electron chi connectivity index (χ4n) is 2.14. The van der Waals surface area contributed by atoms with Crippen LogP contribution in [0.2, 0.25) is 0 Å². The van der Waals surface area contributed by atoms with Crippen LogP contribution in [0.25, 0.3) is 0 Å². The van der Waals surface area contributed by atoms with Gasteiger partial charge in [-0.25, -0.2) is 0 Å². The largest absolute Gasteiger partial charge is 0.383 e. The summed E-state index contributed by atoms with van der Waals surface area (Å²) in [5.41, 5.74) is 0.937. The molecule has 2 N–H and O–H groups in total. The van der Waals surface area contributed by atoms with E-state index >= 15 is 0 Å². The number of ether oxygens (including phenoxy) is 1. The molecular weight excluding hydrogens is 336 g/mol. The average molecular weight is 358 g/mol. The molecule has 2 aromatic carbocycles. The normalized spacial score (nSPS) is 11.6. The highest BCUT2D eigenvalue weighted by Crippen LogP contribution is 2.24. The molecule has 1 atom stereocenters. The molecule has 0 aliphatic rings. The Kier molecular flexibility index (Phi) is 7.50. The van der Waals surface area contributed by atoms with Gasteiger partial charge in [0.1, 0.15) is 0 Å². The van der Waals surface area contributed by atoms with Crippen LogP contribution in [0.1, 0.15) is 17.3 Å². The van der Waals surface area contributed by atoms with E-state index in [1.807, 2.05) is 37.3 Å². The number of rotatable bonds is 8. The third kappa shape index (κ3) is 5.92. The minimum absolute atomic E-state index is 0.147. The van der Waals surface area contributed by atoms with Gasteiger partial charge in [-0.2, -0.15) is 0 Å². The monoisotopic (exact) mass is 358 g/mol. The van der Waals surface area contributed by atoms with Crippen molar-refractivity contribution in [3.63, 3.8) is 0 Å². The minimum Gasteiger partial charge on any atom is -0.383 e. The first kappa shape index (κ1) is 19.0. The highest BCUT2D eigenvalue weighted by Gasteiger charge is 2.17. The number of carbonyl (C=O) groups excluding carboxylic acids is 2. The predicted octanol–water partition coefficient (Wildman–Crippen LogP) is 3.18. The number of amides is 2. The number of benzene rings is 2. The Morgan fingerprint density at radius 2 is 1.76 bits per heavy atom. The van der Waals surface area contributed by atoms with E-state index in [0.29, 0.717) is 24.4 Å². The molecule has 25 heavy (non-hydrogen) atoms. The van der Waals surface area contributed by atoms with Crippen LogP contribution >= 0.6 is 11.8 Å². The average Bonchev–Trinajstić information content (AvgIpc) is 2.63. The Balaban J connectivity index is 2.01. The molecule has 0 radical (unpaired) electrons. The second-order valence-corrected chi connectivity index (χ2v) is 6.77. The smallest absolute Gasteiger partial charge is 0.253 e. The van der Waals surface area contributed by atoms with Gasteiger partial charge < -0.3 is 15.4 Å². The van der Waals surface area contributed by atoms with Crippen molar-refractivity contribution in [1.29, 1.82) is 0 Å². The molecule has 0 heterocycles. The van der Waals surface area contributed by atoms with Crippen molar-refractivity contribution in [2.75, 3.05) is 25.6 Å². The van der Waals surface area contributed by atoms with Gasteiger partial charge in [0.05, 0.1) is 23.1 Å². The summed E-state index contributed by atoms with van der Waals surface area (Å²) in [5.74, 6) is -0.387. The first-order chi connectivity index (χ1) is 12.1. The second kappa shape index (κ2) is 9.86. The summed E-state index contributed by atoms with van der Waals surface area (Å²) >= 11 is 1.47. The number of hydrogen-bond acceptors (Lipinski definition) is 4. The SMILES string of the molecule is COCCNC(=O)c1ccccc1NC(=O)[C@@H](C)Sc1ccccc1. The van der Waals surface area contributed by atoms with Crippen LogP contribution < -0.4 is 10.6 Å². The summed E-state index contributed by atoms with van der Waals surface area (Å²) in [6, 6.07) is 16.7. The highest BCUT2D eigenvalue weighted by atomic mass is 32.2. The van der Waals surface area contributed by atoms with Gasteiger partial charge in [0.25, 0.3) is 5.91 Å². The lowest BCUT2D eigenvalue weighted by atomic mass is 10.1. The molecule has 0 spiro atoms. The maximum Gasteiger partial charge on any atom is 0.253 e. The molecule has 0 saturated carbocycles. The molecule has 0 aromatic heterocycles. The Bertz CT molecular complexity index is 707. The van der Waals surface area contributed by atoms with Gasteiger partial charge in [0.2, 0.25) is 5.91 Å². The van der Waals surface area contributed by atoms with Crippen LogP contribution in [0.5, 0.6) is 0 Å². The van der Waals surface area contributed by atoms with Crippen LogP contribution in [0, 0.1) is 0 Å². The van der Waals surface area contributed by atoms with Crippen molar-refractivity contribution >= 4 is 29.3 Å². The molecule has 0 bridgehead atoms. The van der Waals surface area contributed by atoms with E-state index in [4.69, 9.17) is 4.74 Å². The molecule has 0 fully saturated rings. The van der Waals surface area contributed by atoms with Crippen molar-refractivity contribution < 1.29 is 14.3 Å². The Morgan fingerprint density at radius 3 is 2.48 bits per heavy atom. The van der Waals surface area contributed by atoms with Gasteiger partial charge in [0, 0.05) is 18.6 Å². The molecule has 2 rings (SSSR count). The Morgan fingerprint density at radius 1 is 1.08 bits per heavy atom. The zero-order valence-electron chi connectivity index (χ0n) is 14.3. The number of anilines is 1. The predicted molar refractivity (Wildman–Crippen MR) is 101 cm³/mol. The van der Waals surface area contributed by atoms with Crippen LogP contribution in [0.4, 0.5) is 5.69 Å². The van der Waals surface area contributed by atoms with E-state index in [2.05, 4.69) is 10.6 Å². The van der Waals surface area contributed by atoms with Gasteiger partial charge in [-0.05, 0) is 31.2 Å². The first-order valence-electron chi connectivity index (χ1n) is 8.00. The van der Waals surface area contributed by atoms with E-state index in [1.54, 1.807) is 31.4 Å². The molecule has 6 heteroatoms. The Hall–Kier alpha value is -2.31. The highest BCUT2D eigenvalue weighted by molar-refractivity contribution is 8.00. The van der Waals surface area contributed by atoms with Gasteiger partial charge in [-0.15, -0.1) is 11.8 Å². The van der Waals surface area contributed by atoms with Crippen molar-refractivity contribution in [1.82, 2.24) is 5.32 Å². The van der Waals surface area contributed by atoms with Crippen molar-refractivity contribution in [3.05, 3.63) is 60.2 Å². The van der Waals surface area contributed by atoms with Gasteiger partial charge in [-0.3, -0.25) is 9.59 Å². The third-order valence-corrected chi connectivity index (χ3v) is 4.56. The van der Waals surface area contributed by atoms with Crippen molar-refractivity contribution in [2.45, 2.75) is 17.1 Å². The number of carbonyl (C=O) groups is 2. The lowest BCUT2D eigenvalue weighted by Crippen LogP contribution is -2.29. The molecule has 0 aliphatic heterocycles. The number of hydrogen-bond donors (Lipinski definition) is 2. The van der Waals surface area contributed by atoms with Crippen molar-refractivity contribution in [3.8, 4) is 0 Å². The van der Waals surface area contributed by atoms with Gasteiger partial charge in [-0.1, -0.05) is 30.3 Å². The zero-order valence-corrected chi connectivity index (χ0v) is 15.1. The maximum absolute atomic E-state index is 12.5. The second-order valence-electron chi connectivity index (χ2n) is 5.36.